The molecule has 1 aromatic heterocycles. The molecule has 0 saturated heterocycles. The van der Waals surface area contributed by atoms with Gasteiger partial charge in [-0.15, -0.1) is 0 Å². The van der Waals surface area contributed by atoms with E-state index in [1.807, 2.05) is 13.0 Å². The van der Waals surface area contributed by atoms with E-state index in [9.17, 15) is 0 Å². The smallest absolute Gasteiger partial charge is 0.130 e. The number of nitrogens with two attached hydrogens (primary N) is 1. The van der Waals surface area contributed by atoms with Crippen LogP contribution in [0.2, 0.25) is 0 Å². The summed E-state index contributed by atoms with van der Waals surface area (Å²) in [5.41, 5.74) is 8.45. The summed E-state index contributed by atoms with van der Waals surface area (Å²) < 4.78 is 0. The summed E-state index contributed by atoms with van der Waals surface area (Å²) >= 11 is 0. The maximum Gasteiger partial charge on any atom is 0.130 e. The van der Waals surface area contributed by atoms with Crippen molar-refractivity contribution in [2.75, 3.05) is 11.9 Å². The second-order valence-corrected chi connectivity index (χ2v) is 6.86. The normalized spacial score (nSPS) is 22.4. The van der Waals surface area contributed by atoms with E-state index in [1.165, 1.54) is 12.0 Å². The number of hydrogen-bond donors (Lipinski definition) is 2. The third-order valence-electron chi connectivity index (χ3n) is 4.91. The van der Waals surface area contributed by atoms with Crippen LogP contribution in [0.5, 0.6) is 0 Å². The van der Waals surface area contributed by atoms with Gasteiger partial charge in [0.15, 0.2) is 0 Å². The first kappa shape index (κ1) is 15.0. The van der Waals surface area contributed by atoms with E-state index in [2.05, 4.69) is 59.5 Å². The topological polar surface area (TPSA) is 63.8 Å². The van der Waals surface area contributed by atoms with Crippen LogP contribution >= 0.6 is 0 Å². The largest absolute Gasteiger partial charge is 0.369 e. The lowest BCUT2D eigenvalue weighted by atomic mass is 9.88. The van der Waals surface area contributed by atoms with Crippen molar-refractivity contribution in [2.24, 2.45) is 11.1 Å². The van der Waals surface area contributed by atoms with Crippen LogP contribution < -0.4 is 11.1 Å². The Morgan fingerprint density at radius 2 is 1.86 bits per heavy atom. The minimum absolute atomic E-state index is 0.177. The van der Waals surface area contributed by atoms with Crippen molar-refractivity contribution in [3.05, 3.63) is 53.5 Å². The van der Waals surface area contributed by atoms with Gasteiger partial charge in [0.1, 0.15) is 11.6 Å². The lowest BCUT2D eigenvalue weighted by molar-refractivity contribution is 0.512. The molecule has 0 spiro atoms. The van der Waals surface area contributed by atoms with E-state index in [-0.39, 0.29) is 5.41 Å². The minimum atomic E-state index is 0.177. The molecule has 0 aliphatic heterocycles. The van der Waals surface area contributed by atoms with Crippen LogP contribution in [0.4, 0.5) is 5.82 Å². The van der Waals surface area contributed by atoms with E-state index < -0.39 is 0 Å². The fourth-order valence-corrected chi connectivity index (χ4v) is 3.43. The van der Waals surface area contributed by atoms with Gasteiger partial charge in [0.2, 0.25) is 0 Å². The standard InChI is InChI=1S/C18H24N4/c1-13-21-15(10-19)9-16(22-13)20-12-18(11-17(18,2)3)14-7-5-4-6-8-14/h4-9H,10-12,19H2,1-3H3,(H,20,21,22)/t18-/m1/s1. The number of nitrogens with one attached hydrogen (secondary N) is 1. The van der Waals surface area contributed by atoms with Gasteiger partial charge in [-0.3, -0.25) is 0 Å². The Morgan fingerprint density at radius 3 is 2.45 bits per heavy atom. The number of anilines is 1. The highest BCUT2D eigenvalue weighted by Crippen LogP contribution is 2.64. The molecule has 0 radical (unpaired) electrons. The molecule has 0 unspecified atom stereocenters. The number of aromatic nitrogens is 2. The molecule has 1 aliphatic rings. The Hall–Kier alpha value is -1.94. The van der Waals surface area contributed by atoms with Gasteiger partial charge >= 0.3 is 0 Å². The van der Waals surface area contributed by atoms with Crippen molar-refractivity contribution < 1.29 is 0 Å². The monoisotopic (exact) mass is 296 g/mol. The summed E-state index contributed by atoms with van der Waals surface area (Å²) in [6.07, 6.45) is 1.19. The highest BCUT2D eigenvalue weighted by atomic mass is 15.0. The molecule has 4 nitrogen and oxygen atoms in total. The minimum Gasteiger partial charge on any atom is -0.369 e. The molecule has 1 saturated carbocycles. The molecule has 0 bridgehead atoms. The lowest BCUT2D eigenvalue weighted by Gasteiger charge is -2.22. The summed E-state index contributed by atoms with van der Waals surface area (Å²) in [5.74, 6) is 1.63. The fraction of sp³-hybridized carbons (Fsp3) is 0.444. The molecule has 116 valence electrons. The summed E-state index contributed by atoms with van der Waals surface area (Å²) in [4.78, 5) is 8.80. The predicted octanol–water partition coefficient (Wildman–Crippen LogP) is 3.02. The molecular formula is C18H24N4. The Morgan fingerprint density at radius 1 is 1.18 bits per heavy atom. The van der Waals surface area contributed by atoms with Crippen LogP contribution in [0.1, 0.15) is 37.4 Å². The zero-order valence-corrected chi connectivity index (χ0v) is 13.6. The molecule has 1 atom stereocenters. The quantitative estimate of drug-likeness (QED) is 0.890. The molecular weight excluding hydrogens is 272 g/mol. The van der Waals surface area contributed by atoms with Gasteiger partial charge in [-0.05, 0) is 24.3 Å². The molecule has 1 heterocycles. The molecule has 0 amide bonds. The van der Waals surface area contributed by atoms with Crippen molar-refractivity contribution >= 4 is 5.82 Å². The van der Waals surface area contributed by atoms with Gasteiger partial charge in [-0.2, -0.15) is 0 Å². The van der Waals surface area contributed by atoms with Crippen molar-refractivity contribution in [2.45, 2.75) is 39.2 Å². The molecule has 3 rings (SSSR count). The summed E-state index contributed by atoms with van der Waals surface area (Å²) in [7, 11) is 0. The van der Waals surface area contributed by atoms with E-state index in [0.29, 0.717) is 12.0 Å². The van der Waals surface area contributed by atoms with Gasteiger partial charge in [0, 0.05) is 24.6 Å². The molecule has 2 aromatic rings. The Kier molecular flexibility index (Phi) is 3.65. The van der Waals surface area contributed by atoms with Crippen molar-refractivity contribution in [1.82, 2.24) is 9.97 Å². The van der Waals surface area contributed by atoms with Crippen molar-refractivity contribution in [3.8, 4) is 0 Å². The molecule has 1 fully saturated rings. The lowest BCUT2D eigenvalue weighted by Crippen LogP contribution is -2.25. The summed E-state index contributed by atoms with van der Waals surface area (Å²) in [5, 5.41) is 3.51. The van der Waals surface area contributed by atoms with E-state index in [1.54, 1.807) is 0 Å². The van der Waals surface area contributed by atoms with Crippen LogP contribution in [-0.2, 0) is 12.0 Å². The van der Waals surface area contributed by atoms with E-state index in [0.717, 1.165) is 23.9 Å². The first-order chi connectivity index (χ1) is 10.5. The second-order valence-electron chi connectivity index (χ2n) is 6.86. The maximum absolute atomic E-state index is 5.70. The van der Waals surface area contributed by atoms with E-state index >= 15 is 0 Å². The maximum atomic E-state index is 5.70. The van der Waals surface area contributed by atoms with Crippen LogP contribution in [0.25, 0.3) is 0 Å². The third-order valence-corrected chi connectivity index (χ3v) is 4.91. The number of aryl methyl sites for hydroxylation is 1. The van der Waals surface area contributed by atoms with E-state index in [4.69, 9.17) is 5.73 Å². The van der Waals surface area contributed by atoms with Crippen LogP contribution in [-0.4, -0.2) is 16.5 Å². The van der Waals surface area contributed by atoms with Crippen LogP contribution in [0.15, 0.2) is 36.4 Å². The Balaban J connectivity index is 1.81. The van der Waals surface area contributed by atoms with Crippen LogP contribution in [0, 0.1) is 12.3 Å². The van der Waals surface area contributed by atoms with Gasteiger partial charge in [-0.1, -0.05) is 44.2 Å². The van der Waals surface area contributed by atoms with Crippen molar-refractivity contribution in [1.29, 1.82) is 0 Å². The van der Waals surface area contributed by atoms with Gasteiger partial charge in [0.25, 0.3) is 0 Å². The zero-order chi connectivity index (χ0) is 15.8. The predicted molar refractivity (Wildman–Crippen MR) is 89.7 cm³/mol. The average molecular weight is 296 g/mol. The zero-order valence-electron chi connectivity index (χ0n) is 13.6. The SMILES string of the molecule is Cc1nc(CN)cc(NC[C@@]2(c3ccccc3)CC2(C)C)n1. The highest BCUT2D eigenvalue weighted by Gasteiger charge is 2.61. The van der Waals surface area contributed by atoms with Crippen molar-refractivity contribution in [3.63, 3.8) is 0 Å². The first-order valence-electron chi connectivity index (χ1n) is 7.81. The fourth-order valence-electron chi connectivity index (χ4n) is 3.43. The highest BCUT2D eigenvalue weighted by molar-refractivity contribution is 5.43. The van der Waals surface area contributed by atoms with Gasteiger partial charge in [0.05, 0.1) is 5.69 Å². The first-order valence-corrected chi connectivity index (χ1v) is 7.81. The van der Waals surface area contributed by atoms with Crippen LogP contribution in [0.3, 0.4) is 0 Å². The average Bonchev–Trinajstić information content (AvgIpc) is 3.08. The summed E-state index contributed by atoms with van der Waals surface area (Å²) in [6, 6.07) is 12.7. The number of hydrogen-bond acceptors (Lipinski definition) is 4. The summed E-state index contributed by atoms with van der Waals surface area (Å²) in [6.45, 7) is 7.88. The second kappa shape index (κ2) is 5.36. The number of rotatable bonds is 5. The number of benzene rings is 1. The molecule has 3 N–H and O–H groups in total. The van der Waals surface area contributed by atoms with Gasteiger partial charge in [-0.25, -0.2) is 9.97 Å². The molecule has 22 heavy (non-hydrogen) atoms. The number of nitrogens with zero attached hydrogens (tertiary/aromatic N) is 2. The molecule has 4 heteroatoms. The van der Waals surface area contributed by atoms with Gasteiger partial charge < -0.3 is 11.1 Å². The molecule has 1 aliphatic carbocycles. The Bertz CT molecular complexity index is 666. The Labute approximate surface area is 132 Å². The molecule has 1 aromatic carbocycles. The third kappa shape index (κ3) is 2.59.